The van der Waals surface area contributed by atoms with Crippen LogP contribution in [-0.4, -0.2) is 20.0 Å². The molecule has 0 N–H and O–H groups in total. The van der Waals surface area contributed by atoms with Crippen LogP contribution in [0.25, 0.3) is 0 Å². The molecular weight excluding hydrogens is 324 g/mol. The van der Waals surface area contributed by atoms with Gasteiger partial charge in [0.2, 0.25) is 0 Å². The molecule has 0 amide bonds. The first kappa shape index (κ1) is 17.1. The summed E-state index contributed by atoms with van der Waals surface area (Å²) in [7, 11) is 3.36. The van der Waals surface area contributed by atoms with Gasteiger partial charge in [0.05, 0.1) is 20.1 Å². The Labute approximate surface area is 155 Å². The zero-order valence-electron chi connectivity index (χ0n) is 15.5. The zero-order chi connectivity index (χ0) is 18.1. The summed E-state index contributed by atoms with van der Waals surface area (Å²) in [6, 6.07) is 14.0. The van der Waals surface area contributed by atoms with Gasteiger partial charge >= 0.3 is 0 Å². The van der Waals surface area contributed by atoms with Crippen molar-refractivity contribution in [3.8, 4) is 11.5 Å². The van der Waals surface area contributed by atoms with Gasteiger partial charge in [-0.15, -0.1) is 0 Å². The van der Waals surface area contributed by atoms with Crippen molar-refractivity contribution in [3.63, 3.8) is 0 Å². The van der Waals surface area contributed by atoms with Gasteiger partial charge < -0.3 is 9.47 Å². The summed E-state index contributed by atoms with van der Waals surface area (Å²) >= 11 is 0. The van der Waals surface area contributed by atoms with Gasteiger partial charge in [0, 0.05) is 11.5 Å². The van der Waals surface area contributed by atoms with E-state index in [2.05, 4.69) is 18.2 Å². The van der Waals surface area contributed by atoms with Crippen LogP contribution < -0.4 is 9.47 Å². The monoisotopic (exact) mass is 350 g/mol. The minimum Gasteiger partial charge on any atom is -0.497 e. The fraction of sp³-hybridized carbons (Fsp3) is 0.435. The molecule has 2 atom stereocenters. The number of carbonyl (C=O) groups excluding carboxylic acids is 1. The summed E-state index contributed by atoms with van der Waals surface area (Å²) in [5.41, 5.74) is 3.16. The summed E-state index contributed by atoms with van der Waals surface area (Å²) in [4.78, 5) is 13.3. The Balaban J connectivity index is 1.78. The van der Waals surface area contributed by atoms with Crippen LogP contribution in [0.15, 0.2) is 42.5 Å². The SMILES string of the molecule is COc1ccc([C@@H]2C(=O)c3ccc(OC)cc3[C@H]2C2CCCCC2)cc1. The lowest BCUT2D eigenvalue weighted by molar-refractivity contribution is 0.0950. The number of fused-ring (bicyclic) bond motifs is 1. The van der Waals surface area contributed by atoms with Crippen molar-refractivity contribution in [2.45, 2.75) is 43.9 Å². The largest absolute Gasteiger partial charge is 0.497 e. The van der Waals surface area contributed by atoms with Crippen molar-refractivity contribution in [1.29, 1.82) is 0 Å². The fourth-order valence-electron chi connectivity index (χ4n) is 4.87. The maximum Gasteiger partial charge on any atom is 0.171 e. The Morgan fingerprint density at radius 2 is 1.50 bits per heavy atom. The molecule has 0 unspecified atom stereocenters. The second kappa shape index (κ2) is 7.14. The maximum absolute atomic E-state index is 13.3. The molecular formula is C23H26O3. The third kappa shape index (κ3) is 2.90. The van der Waals surface area contributed by atoms with Gasteiger partial charge in [-0.1, -0.05) is 31.4 Å². The standard InChI is InChI=1S/C23H26O3/c1-25-17-10-8-16(9-11-17)22-21(15-6-4-3-5-7-15)20-14-18(26-2)12-13-19(20)23(22)24/h8-15,21-22H,3-7H2,1-2H3/t21-,22+/m1/s1. The molecule has 3 heteroatoms. The number of hydrogen-bond donors (Lipinski definition) is 0. The molecule has 0 aromatic heterocycles. The molecule has 0 spiro atoms. The van der Waals surface area contributed by atoms with Crippen LogP contribution in [0.3, 0.4) is 0 Å². The summed E-state index contributed by atoms with van der Waals surface area (Å²) in [6.45, 7) is 0. The van der Waals surface area contributed by atoms with Crippen molar-refractivity contribution in [2.75, 3.05) is 14.2 Å². The molecule has 0 aliphatic heterocycles. The molecule has 1 saturated carbocycles. The summed E-state index contributed by atoms with van der Waals surface area (Å²) in [5, 5.41) is 0. The molecule has 3 nitrogen and oxygen atoms in total. The first-order chi connectivity index (χ1) is 12.7. The average Bonchev–Trinajstić information content (AvgIpc) is 3.00. The van der Waals surface area contributed by atoms with Gasteiger partial charge in [-0.2, -0.15) is 0 Å². The van der Waals surface area contributed by atoms with E-state index >= 15 is 0 Å². The number of methoxy groups -OCH3 is 2. The highest BCUT2D eigenvalue weighted by atomic mass is 16.5. The molecule has 1 fully saturated rings. The maximum atomic E-state index is 13.3. The van der Waals surface area contributed by atoms with Gasteiger partial charge in [-0.3, -0.25) is 4.79 Å². The van der Waals surface area contributed by atoms with E-state index in [1.165, 1.54) is 37.7 Å². The first-order valence-electron chi connectivity index (χ1n) is 9.59. The van der Waals surface area contributed by atoms with Crippen LogP contribution in [0.4, 0.5) is 0 Å². The number of rotatable bonds is 4. The van der Waals surface area contributed by atoms with Gasteiger partial charge in [0.1, 0.15) is 11.5 Å². The molecule has 26 heavy (non-hydrogen) atoms. The van der Waals surface area contributed by atoms with Crippen LogP contribution in [0.2, 0.25) is 0 Å². The van der Waals surface area contributed by atoms with Crippen LogP contribution in [0.5, 0.6) is 11.5 Å². The van der Waals surface area contributed by atoms with Crippen LogP contribution in [0.1, 0.15) is 65.4 Å². The van der Waals surface area contributed by atoms with Crippen molar-refractivity contribution in [3.05, 3.63) is 59.2 Å². The molecule has 136 valence electrons. The molecule has 2 aliphatic rings. The van der Waals surface area contributed by atoms with E-state index in [1.807, 2.05) is 24.3 Å². The topological polar surface area (TPSA) is 35.5 Å². The number of Topliss-reactive ketones (excluding diaryl/α,β-unsaturated/α-hetero) is 1. The van der Waals surface area contributed by atoms with Gasteiger partial charge in [-0.05, 0) is 60.2 Å². The normalized spacial score (nSPS) is 22.9. The van der Waals surface area contributed by atoms with Crippen molar-refractivity contribution < 1.29 is 14.3 Å². The van der Waals surface area contributed by atoms with E-state index in [4.69, 9.17) is 9.47 Å². The van der Waals surface area contributed by atoms with Crippen LogP contribution in [0, 0.1) is 5.92 Å². The third-order valence-electron chi connectivity index (χ3n) is 6.16. The first-order valence-corrected chi connectivity index (χ1v) is 9.59. The van der Waals surface area contributed by atoms with Gasteiger partial charge in [0.25, 0.3) is 0 Å². The minimum absolute atomic E-state index is 0.0916. The Morgan fingerprint density at radius 1 is 0.846 bits per heavy atom. The summed E-state index contributed by atoms with van der Waals surface area (Å²) < 4.78 is 10.7. The Morgan fingerprint density at radius 3 is 2.15 bits per heavy atom. The molecule has 4 rings (SSSR count). The second-order valence-corrected chi connectivity index (χ2v) is 7.49. The Bertz CT molecular complexity index is 788. The second-order valence-electron chi connectivity index (χ2n) is 7.49. The van der Waals surface area contributed by atoms with E-state index in [9.17, 15) is 4.79 Å². The number of hydrogen-bond acceptors (Lipinski definition) is 3. The molecule has 0 heterocycles. The average molecular weight is 350 g/mol. The molecule has 2 aliphatic carbocycles. The summed E-state index contributed by atoms with van der Waals surface area (Å²) in [5.74, 6) is 2.64. The number of ether oxygens (including phenoxy) is 2. The summed E-state index contributed by atoms with van der Waals surface area (Å²) in [6.07, 6.45) is 6.27. The fourth-order valence-corrected chi connectivity index (χ4v) is 4.87. The van der Waals surface area contributed by atoms with Crippen molar-refractivity contribution >= 4 is 5.78 Å². The van der Waals surface area contributed by atoms with Crippen molar-refractivity contribution in [2.24, 2.45) is 5.92 Å². The predicted octanol–water partition coefficient (Wildman–Crippen LogP) is 5.35. The predicted molar refractivity (Wildman–Crippen MR) is 102 cm³/mol. The molecule has 0 saturated heterocycles. The third-order valence-corrected chi connectivity index (χ3v) is 6.16. The van der Waals surface area contributed by atoms with Crippen molar-refractivity contribution in [1.82, 2.24) is 0 Å². The Kier molecular flexibility index (Phi) is 4.71. The number of ketones is 1. The molecule has 0 radical (unpaired) electrons. The van der Waals surface area contributed by atoms with E-state index < -0.39 is 0 Å². The lowest BCUT2D eigenvalue weighted by Crippen LogP contribution is -2.21. The highest BCUT2D eigenvalue weighted by Gasteiger charge is 2.44. The lowest BCUT2D eigenvalue weighted by Gasteiger charge is -2.32. The molecule has 0 bridgehead atoms. The quantitative estimate of drug-likeness (QED) is 0.746. The smallest absolute Gasteiger partial charge is 0.171 e. The van der Waals surface area contributed by atoms with E-state index in [0.717, 1.165) is 22.6 Å². The zero-order valence-corrected chi connectivity index (χ0v) is 15.5. The van der Waals surface area contributed by atoms with E-state index in [0.29, 0.717) is 5.92 Å². The number of carbonyl (C=O) groups is 1. The molecule has 2 aromatic rings. The highest BCUT2D eigenvalue weighted by Crippen LogP contribution is 2.52. The van der Waals surface area contributed by atoms with Gasteiger partial charge in [-0.25, -0.2) is 0 Å². The minimum atomic E-state index is -0.0916. The number of benzene rings is 2. The van der Waals surface area contributed by atoms with E-state index in [-0.39, 0.29) is 17.6 Å². The van der Waals surface area contributed by atoms with Crippen LogP contribution >= 0.6 is 0 Å². The lowest BCUT2D eigenvalue weighted by atomic mass is 9.72. The van der Waals surface area contributed by atoms with E-state index in [1.54, 1.807) is 14.2 Å². The Hall–Kier alpha value is -2.29. The van der Waals surface area contributed by atoms with Crippen LogP contribution in [-0.2, 0) is 0 Å². The van der Waals surface area contributed by atoms with Gasteiger partial charge in [0.15, 0.2) is 5.78 Å². The highest BCUT2D eigenvalue weighted by molar-refractivity contribution is 6.06. The molecule has 2 aromatic carbocycles.